The minimum atomic E-state index is -0.0110. The van der Waals surface area contributed by atoms with Crippen LogP contribution in [0.25, 0.3) is 16.9 Å². The summed E-state index contributed by atoms with van der Waals surface area (Å²) < 4.78 is 1.80. The van der Waals surface area contributed by atoms with Gasteiger partial charge in [0.25, 0.3) is 5.91 Å². The quantitative estimate of drug-likeness (QED) is 0.507. The molecule has 188 valence electrons. The molecule has 2 fully saturated rings. The second-order valence-electron chi connectivity index (χ2n) is 10.5. The molecule has 0 aliphatic carbocycles. The van der Waals surface area contributed by atoms with E-state index >= 15 is 0 Å². The van der Waals surface area contributed by atoms with E-state index in [1.54, 1.807) is 4.68 Å². The molecule has 5 rings (SSSR count). The van der Waals surface area contributed by atoms with Gasteiger partial charge in [0.2, 0.25) is 5.91 Å². The topological polar surface area (TPSA) is 58.4 Å². The molecule has 0 N–H and O–H groups in total. The number of amides is 2. The molecule has 3 heterocycles. The summed E-state index contributed by atoms with van der Waals surface area (Å²) in [4.78, 5) is 30.8. The molecule has 0 atom stereocenters. The van der Waals surface area contributed by atoms with E-state index in [1.807, 2.05) is 52.4 Å². The SMILES string of the molecule is Cc1ccc(-c2nn(-c3ccccc3)cc2C(=O)N2CCC(C(=O)N3CCC(C)CC3)CC2)cc1C. The Morgan fingerprint density at radius 1 is 0.833 bits per heavy atom. The Hall–Kier alpha value is -3.41. The van der Waals surface area contributed by atoms with Crippen molar-refractivity contribution >= 4 is 11.8 Å². The van der Waals surface area contributed by atoms with Crippen molar-refractivity contribution in [2.24, 2.45) is 11.8 Å². The molecule has 6 heteroatoms. The van der Waals surface area contributed by atoms with Crippen LogP contribution in [-0.4, -0.2) is 57.6 Å². The molecule has 2 aliphatic rings. The molecule has 2 aromatic carbocycles. The fraction of sp³-hybridized carbons (Fsp3) is 0.433. The zero-order chi connectivity index (χ0) is 25.2. The zero-order valence-electron chi connectivity index (χ0n) is 21.6. The third-order valence-corrected chi connectivity index (χ3v) is 7.97. The van der Waals surface area contributed by atoms with Gasteiger partial charge < -0.3 is 9.80 Å². The molecule has 2 aliphatic heterocycles. The monoisotopic (exact) mass is 484 g/mol. The van der Waals surface area contributed by atoms with E-state index < -0.39 is 0 Å². The lowest BCUT2D eigenvalue weighted by Gasteiger charge is -2.36. The van der Waals surface area contributed by atoms with Crippen LogP contribution in [0.3, 0.4) is 0 Å². The summed E-state index contributed by atoms with van der Waals surface area (Å²) in [7, 11) is 0. The van der Waals surface area contributed by atoms with E-state index in [0.29, 0.717) is 30.3 Å². The molecule has 2 amide bonds. The fourth-order valence-electron chi connectivity index (χ4n) is 5.33. The molecule has 0 saturated carbocycles. The molecule has 3 aromatic rings. The van der Waals surface area contributed by atoms with Gasteiger partial charge in [0.1, 0.15) is 5.69 Å². The molecule has 0 unspecified atom stereocenters. The van der Waals surface area contributed by atoms with Gasteiger partial charge in [0.15, 0.2) is 0 Å². The highest BCUT2D eigenvalue weighted by Gasteiger charge is 2.33. The molecule has 0 bridgehead atoms. The van der Waals surface area contributed by atoms with E-state index in [-0.39, 0.29) is 17.7 Å². The van der Waals surface area contributed by atoms with Crippen LogP contribution in [0, 0.1) is 25.7 Å². The number of rotatable bonds is 4. The zero-order valence-corrected chi connectivity index (χ0v) is 21.6. The molecule has 0 radical (unpaired) electrons. The van der Waals surface area contributed by atoms with Crippen molar-refractivity contribution in [1.82, 2.24) is 19.6 Å². The first kappa shape index (κ1) is 24.3. The van der Waals surface area contributed by atoms with Crippen molar-refractivity contribution in [2.75, 3.05) is 26.2 Å². The van der Waals surface area contributed by atoms with Gasteiger partial charge in [-0.05, 0) is 74.8 Å². The number of piperidine rings is 2. The Labute approximate surface area is 213 Å². The van der Waals surface area contributed by atoms with E-state index in [4.69, 9.17) is 5.10 Å². The largest absolute Gasteiger partial charge is 0.342 e. The Kier molecular flexibility index (Phi) is 6.95. The third kappa shape index (κ3) is 4.95. The summed E-state index contributed by atoms with van der Waals surface area (Å²) in [6, 6.07) is 16.1. The van der Waals surface area contributed by atoms with Crippen LogP contribution in [0.1, 0.15) is 54.1 Å². The molecule has 1 aromatic heterocycles. The lowest BCUT2D eigenvalue weighted by atomic mass is 9.92. The van der Waals surface area contributed by atoms with Gasteiger partial charge in [-0.1, -0.05) is 37.3 Å². The summed E-state index contributed by atoms with van der Waals surface area (Å²) in [5.74, 6) is 0.996. The van der Waals surface area contributed by atoms with E-state index in [2.05, 4.69) is 32.9 Å². The number of carbonyl (C=O) groups is 2. The Morgan fingerprint density at radius 2 is 1.50 bits per heavy atom. The van der Waals surface area contributed by atoms with Crippen LogP contribution in [0.5, 0.6) is 0 Å². The van der Waals surface area contributed by atoms with Gasteiger partial charge in [-0.2, -0.15) is 5.10 Å². The number of carbonyl (C=O) groups excluding carboxylic acids is 2. The number of aromatic nitrogens is 2. The van der Waals surface area contributed by atoms with Gasteiger partial charge in [-0.3, -0.25) is 9.59 Å². The van der Waals surface area contributed by atoms with Gasteiger partial charge >= 0.3 is 0 Å². The third-order valence-electron chi connectivity index (χ3n) is 7.97. The molecular weight excluding hydrogens is 448 g/mol. The lowest BCUT2D eigenvalue weighted by Crippen LogP contribution is -2.46. The Balaban J connectivity index is 1.36. The van der Waals surface area contributed by atoms with Crippen molar-refractivity contribution in [3.63, 3.8) is 0 Å². The predicted octanol–water partition coefficient (Wildman–Crippen LogP) is 5.27. The smallest absolute Gasteiger partial charge is 0.257 e. The second kappa shape index (κ2) is 10.3. The highest BCUT2D eigenvalue weighted by molar-refractivity contribution is 6.00. The number of likely N-dealkylation sites (tertiary alicyclic amines) is 2. The van der Waals surface area contributed by atoms with E-state index in [9.17, 15) is 9.59 Å². The second-order valence-corrected chi connectivity index (χ2v) is 10.5. The van der Waals surface area contributed by atoms with Crippen molar-refractivity contribution < 1.29 is 9.59 Å². The molecule has 2 saturated heterocycles. The van der Waals surface area contributed by atoms with Gasteiger partial charge in [-0.15, -0.1) is 0 Å². The van der Waals surface area contributed by atoms with Crippen LogP contribution in [-0.2, 0) is 4.79 Å². The fourth-order valence-corrected chi connectivity index (χ4v) is 5.33. The summed E-state index contributed by atoms with van der Waals surface area (Å²) >= 11 is 0. The van der Waals surface area contributed by atoms with E-state index in [1.165, 1.54) is 11.1 Å². The van der Waals surface area contributed by atoms with Gasteiger partial charge in [-0.25, -0.2) is 4.68 Å². The minimum Gasteiger partial charge on any atom is -0.342 e. The maximum Gasteiger partial charge on any atom is 0.257 e. The molecule has 6 nitrogen and oxygen atoms in total. The first-order valence-corrected chi connectivity index (χ1v) is 13.2. The van der Waals surface area contributed by atoms with Crippen molar-refractivity contribution in [1.29, 1.82) is 0 Å². The molecule has 36 heavy (non-hydrogen) atoms. The Bertz CT molecular complexity index is 1230. The Morgan fingerprint density at radius 3 is 2.17 bits per heavy atom. The van der Waals surface area contributed by atoms with Crippen LogP contribution in [0.2, 0.25) is 0 Å². The lowest BCUT2D eigenvalue weighted by molar-refractivity contribution is -0.138. The number of benzene rings is 2. The average molecular weight is 485 g/mol. The highest BCUT2D eigenvalue weighted by Crippen LogP contribution is 2.29. The van der Waals surface area contributed by atoms with Crippen molar-refractivity contribution in [2.45, 2.75) is 46.5 Å². The number of hydrogen-bond acceptors (Lipinski definition) is 3. The number of para-hydroxylation sites is 1. The summed E-state index contributed by atoms with van der Waals surface area (Å²) in [5, 5.41) is 4.86. The summed E-state index contributed by atoms with van der Waals surface area (Å²) in [6.07, 6.45) is 5.49. The van der Waals surface area contributed by atoms with Gasteiger partial charge in [0.05, 0.1) is 11.3 Å². The first-order chi connectivity index (χ1) is 17.4. The predicted molar refractivity (Wildman–Crippen MR) is 142 cm³/mol. The van der Waals surface area contributed by atoms with Crippen LogP contribution >= 0.6 is 0 Å². The summed E-state index contributed by atoms with van der Waals surface area (Å²) in [6.45, 7) is 9.38. The van der Waals surface area contributed by atoms with Crippen molar-refractivity contribution in [3.8, 4) is 16.9 Å². The molecule has 0 spiro atoms. The highest BCUT2D eigenvalue weighted by atomic mass is 16.2. The normalized spacial score (nSPS) is 17.4. The molecular formula is C30H36N4O2. The van der Waals surface area contributed by atoms with Gasteiger partial charge in [0, 0.05) is 43.9 Å². The maximum absolute atomic E-state index is 13.8. The number of aryl methyl sites for hydroxylation is 2. The standard InChI is InChI=1S/C30H36N4O2/c1-21-11-15-32(16-12-21)29(35)24-13-17-33(18-14-24)30(36)27-20-34(26-7-5-4-6-8-26)31-28(27)25-10-9-22(2)23(3)19-25/h4-10,19-21,24H,11-18H2,1-3H3. The van der Waals surface area contributed by atoms with Crippen LogP contribution < -0.4 is 0 Å². The maximum atomic E-state index is 13.8. The van der Waals surface area contributed by atoms with Crippen molar-refractivity contribution in [3.05, 3.63) is 71.4 Å². The number of hydrogen-bond donors (Lipinski definition) is 0. The summed E-state index contributed by atoms with van der Waals surface area (Å²) in [5.41, 5.74) is 5.56. The minimum absolute atomic E-state index is 0.0110. The van der Waals surface area contributed by atoms with Crippen LogP contribution in [0.15, 0.2) is 54.7 Å². The van der Waals surface area contributed by atoms with Crippen LogP contribution in [0.4, 0.5) is 0 Å². The number of nitrogens with zero attached hydrogens (tertiary/aromatic N) is 4. The average Bonchev–Trinajstić information content (AvgIpc) is 3.36. The first-order valence-electron chi connectivity index (χ1n) is 13.2. The van der Waals surface area contributed by atoms with E-state index in [0.717, 1.165) is 50.0 Å².